The monoisotopic (exact) mass is 316 g/mol. The van der Waals surface area contributed by atoms with E-state index in [-0.39, 0.29) is 0 Å². The molecule has 0 heteroatoms. The maximum Gasteiger partial charge on any atom is -0.00947 e. The molecule has 0 aromatic heterocycles. The maximum absolute atomic E-state index is 2.33. The van der Waals surface area contributed by atoms with Crippen LogP contribution in [0, 0.1) is 6.92 Å². The predicted octanol–water partition coefficient (Wildman–Crippen LogP) is 7.01. The number of rotatable bonds is 6. The fraction of sp³-hybridized carbons (Fsp3) is 0.250. The zero-order valence-corrected chi connectivity index (χ0v) is 15.3. The zero-order chi connectivity index (χ0) is 17.4. The number of hydrogen-bond acceptors (Lipinski definition) is 0. The summed E-state index contributed by atoms with van der Waals surface area (Å²) in [6.45, 7) is 8.59. The summed E-state index contributed by atoms with van der Waals surface area (Å²) in [7, 11) is 0. The van der Waals surface area contributed by atoms with Crippen LogP contribution in [0.3, 0.4) is 0 Å². The van der Waals surface area contributed by atoms with E-state index in [0.29, 0.717) is 0 Å². The van der Waals surface area contributed by atoms with Crippen LogP contribution in [0.2, 0.25) is 0 Å². The van der Waals surface area contributed by atoms with Crippen molar-refractivity contribution >= 4 is 11.6 Å². The van der Waals surface area contributed by atoms with Crippen LogP contribution in [-0.4, -0.2) is 0 Å². The van der Waals surface area contributed by atoms with Crippen LogP contribution >= 0.6 is 0 Å². The molecule has 2 aromatic carbocycles. The summed E-state index contributed by atoms with van der Waals surface area (Å²) in [5.74, 6) is 0. The van der Waals surface area contributed by atoms with Gasteiger partial charge in [-0.1, -0.05) is 79.2 Å². The third-order valence-electron chi connectivity index (χ3n) is 4.31. The van der Waals surface area contributed by atoms with E-state index in [1.807, 2.05) is 0 Å². The molecular weight excluding hydrogens is 288 g/mol. The Hall–Kier alpha value is -2.34. The van der Waals surface area contributed by atoms with Gasteiger partial charge in [-0.2, -0.15) is 0 Å². The molecule has 0 atom stereocenters. The molecule has 0 aliphatic carbocycles. The molecule has 0 radical (unpaired) electrons. The van der Waals surface area contributed by atoms with Crippen molar-refractivity contribution in [2.75, 3.05) is 0 Å². The highest BCUT2D eigenvalue weighted by molar-refractivity contribution is 5.92. The van der Waals surface area contributed by atoms with Gasteiger partial charge < -0.3 is 0 Å². The first-order chi connectivity index (χ1) is 11.7. The number of hydrogen-bond donors (Lipinski definition) is 0. The molecule has 0 aliphatic rings. The van der Waals surface area contributed by atoms with Gasteiger partial charge in [0.25, 0.3) is 0 Å². The highest BCUT2D eigenvalue weighted by atomic mass is 14.1. The van der Waals surface area contributed by atoms with Crippen molar-refractivity contribution in [3.05, 3.63) is 94.6 Å². The van der Waals surface area contributed by atoms with E-state index in [0.717, 1.165) is 12.8 Å². The molecule has 24 heavy (non-hydrogen) atoms. The summed E-state index contributed by atoms with van der Waals surface area (Å²) in [6.07, 6.45) is 10.9. The lowest BCUT2D eigenvalue weighted by atomic mass is 9.89. The fourth-order valence-electron chi connectivity index (χ4n) is 2.99. The van der Waals surface area contributed by atoms with Crippen molar-refractivity contribution in [1.82, 2.24) is 0 Å². The Balaban J connectivity index is 2.61. The van der Waals surface area contributed by atoms with Gasteiger partial charge in [-0.25, -0.2) is 0 Å². The van der Waals surface area contributed by atoms with Gasteiger partial charge in [0, 0.05) is 0 Å². The van der Waals surface area contributed by atoms with Crippen molar-refractivity contribution < 1.29 is 0 Å². The van der Waals surface area contributed by atoms with Crippen LogP contribution in [0.4, 0.5) is 0 Å². The van der Waals surface area contributed by atoms with Crippen molar-refractivity contribution in [2.45, 2.75) is 40.5 Å². The first-order valence-electron chi connectivity index (χ1n) is 8.83. The molecule has 0 bridgehead atoms. The quantitative estimate of drug-likeness (QED) is 0.305. The molecule has 2 rings (SSSR count). The van der Waals surface area contributed by atoms with Gasteiger partial charge in [0.05, 0.1) is 0 Å². The lowest BCUT2D eigenvalue weighted by molar-refractivity contribution is 1.12. The van der Waals surface area contributed by atoms with E-state index < -0.39 is 0 Å². The highest BCUT2D eigenvalue weighted by Crippen LogP contribution is 2.31. The van der Waals surface area contributed by atoms with Crippen molar-refractivity contribution in [1.29, 1.82) is 0 Å². The van der Waals surface area contributed by atoms with E-state index in [2.05, 4.69) is 101 Å². The van der Waals surface area contributed by atoms with E-state index in [1.54, 1.807) is 0 Å². The van der Waals surface area contributed by atoms with Crippen LogP contribution in [0.25, 0.3) is 11.6 Å². The zero-order valence-electron chi connectivity index (χ0n) is 15.3. The van der Waals surface area contributed by atoms with Gasteiger partial charge in [0.15, 0.2) is 0 Å². The largest absolute Gasteiger partial charge is 0.0913 e. The molecule has 0 fully saturated rings. The maximum atomic E-state index is 2.33. The van der Waals surface area contributed by atoms with Gasteiger partial charge in [-0.15, -0.1) is 0 Å². The standard InChI is InChI=1S/C24H28/c1-5-8-14-22(7-3)24(18-20-13-11-12-19(4)17-20)23-16-10-9-15-21(23)6-2/h5,7-13,15-18H,6,14H2,1-4H3/b8-5-,22-7+,24-18+. The van der Waals surface area contributed by atoms with Gasteiger partial charge in [-0.3, -0.25) is 0 Å². The van der Waals surface area contributed by atoms with Crippen LogP contribution in [0.5, 0.6) is 0 Å². The first kappa shape index (κ1) is 18.0. The number of benzene rings is 2. The second kappa shape index (κ2) is 9.08. The topological polar surface area (TPSA) is 0 Å². The Kier molecular flexibility index (Phi) is 6.81. The highest BCUT2D eigenvalue weighted by Gasteiger charge is 2.10. The minimum Gasteiger partial charge on any atom is -0.0913 e. The molecule has 0 N–H and O–H groups in total. The third kappa shape index (κ3) is 4.58. The third-order valence-corrected chi connectivity index (χ3v) is 4.31. The lowest BCUT2D eigenvalue weighted by Gasteiger charge is -2.15. The second-order valence-electron chi connectivity index (χ2n) is 6.07. The molecule has 0 unspecified atom stereocenters. The van der Waals surface area contributed by atoms with Crippen molar-refractivity contribution in [3.63, 3.8) is 0 Å². The summed E-state index contributed by atoms with van der Waals surface area (Å²) < 4.78 is 0. The van der Waals surface area contributed by atoms with Crippen molar-refractivity contribution in [2.24, 2.45) is 0 Å². The molecule has 0 heterocycles. The predicted molar refractivity (Wildman–Crippen MR) is 108 cm³/mol. The summed E-state index contributed by atoms with van der Waals surface area (Å²) >= 11 is 0. The van der Waals surface area contributed by atoms with E-state index in [9.17, 15) is 0 Å². The molecule has 0 spiro atoms. The van der Waals surface area contributed by atoms with E-state index in [4.69, 9.17) is 0 Å². The van der Waals surface area contributed by atoms with Crippen LogP contribution in [-0.2, 0) is 6.42 Å². The Morgan fingerprint density at radius 2 is 1.79 bits per heavy atom. The summed E-state index contributed by atoms with van der Waals surface area (Å²) in [4.78, 5) is 0. The number of aryl methyl sites for hydroxylation is 2. The summed E-state index contributed by atoms with van der Waals surface area (Å²) in [6, 6.07) is 17.5. The summed E-state index contributed by atoms with van der Waals surface area (Å²) in [5, 5.41) is 0. The summed E-state index contributed by atoms with van der Waals surface area (Å²) in [5.41, 5.74) is 8.00. The first-order valence-corrected chi connectivity index (χ1v) is 8.83. The lowest BCUT2D eigenvalue weighted by Crippen LogP contribution is -1.96. The Labute approximate surface area is 147 Å². The molecule has 0 saturated heterocycles. The van der Waals surface area contributed by atoms with Crippen molar-refractivity contribution in [3.8, 4) is 0 Å². The van der Waals surface area contributed by atoms with Crippen LogP contribution in [0.1, 0.15) is 49.4 Å². The molecule has 124 valence electrons. The van der Waals surface area contributed by atoms with Gasteiger partial charge in [0.1, 0.15) is 0 Å². The molecule has 0 saturated carbocycles. The molecule has 0 aliphatic heterocycles. The smallest absolute Gasteiger partial charge is 0.00947 e. The minimum absolute atomic E-state index is 0.961. The van der Waals surface area contributed by atoms with Gasteiger partial charge in [0.2, 0.25) is 0 Å². The molecule has 0 nitrogen and oxygen atoms in total. The second-order valence-corrected chi connectivity index (χ2v) is 6.07. The normalized spacial score (nSPS) is 12.8. The average molecular weight is 316 g/mol. The van der Waals surface area contributed by atoms with E-state index in [1.165, 1.54) is 33.4 Å². The van der Waals surface area contributed by atoms with Crippen LogP contribution < -0.4 is 0 Å². The van der Waals surface area contributed by atoms with Gasteiger partial charge in [-0.05, 0) is 67.5 Å². The molecule has 0 amide bonds. The SMILES string of the molecule is C/C=C\CC(=C\C)/C(=C\c1cccc(C)c1)c1ccccc1CC. The molecular formula is C24H28. The molecule has 2 aromatic rings. The minimum atomic E-state index is 0.961. The average Bonchev–Trinajstić information content (AvgIpc) is 2.61. The Morgan fingerprint density at radius 1 is 1.00 bits per heavy atom. The number of allylic oxidation sites excluding steroid dienone is 5. The fourth-order valence-corrected chi connectivity index (χ4v) is 2.99. The Morgan fingerprint density at radius 3 is 2.46 bits per heavy atom. The van der Waals surface area contributed by atoms with Crippen LogP contribution in [0.15, 0.2) is 72.3 Å². The Bertz CT molecular complexity index is 757. The van der Waals surface area contributed by atoms with Gasteiger partial charge >= 0.3 is 0 Å². The van der Waals surface area contributed by atoms with E-state index >= 15 is 0 Å².